The van der Waals surface area contributed by atoms with Gasteiger partial charge in [0.15, 0.2) is 0 Å². The van der Waals surface area contributed by atoms with E-state index >= 15 is 0 Å². The van der Waals surface area contributed by atoms with E-state index < -0.39 is 0 Å². The van der Waals surface area contributed by atoms with Crippen LogP contribution in [-0.4, -0.2) is 16.7 Å². The van der Waals surface area contributed by atoms with E-state index in [1.165, 1.54) is 4.70 Å². The summed E-state index contributed by atoms with van der Waals surface area (Å²) >= 11 is 1.64. The summed E-state index contributed by atoms with van der Waals surface area (Å²) in [6.07, 6.45) is 0. The first-order valence-corrected chi connectivity index (χ1v) is 5.47. The molecule has 0 radical (unpaired) electrons. The largest absolute Gasteiger partial charge is 0.395 e. The van der Waals surface area contributed by atoms with Gasteiger partial charge in [-0.2, -0.15) is 0 Å². The third kappa shape index (κ3) is 1.42. The fourth-order valence-corrected chi connectivity index (χ4v) is 2.22. The molecule has 14 heavy (non-hydrogen) atoms. The Labute approximate surface area is 87.2 Å². The van der Waals surface area contributed by atoms with Crippen molar-refractivity contribution in [2.45, 2.75) is 19.3 Å². The van der Waals surface area contributed by atoms with E-state index in [1.54, 1.807) is 11.3 Å². The fourth-order valence-electron chi connectivity index (χ4n) is 1.52. The minimum Gasteiger partial charge on any atom is -0.395 e. The molecule has 0 aliphatic carbocycles. The van der Waals surface area contributed by atoms with Gasteiger partial charge in [-0.05, 0) is 11.6 Å². The molecule has 0 atom stereocenters. The number of rotatable bonds is 2. The number of aromatic nitrogens is 1. The topological polar surface area (TPSA) is 33.1 Å². The van der Waals surface area contributed by atoms with Crippen molar-refractivity contribution in [1.82, 2.24) is 4.98 Å². The monoisotopic (exact) mass is 207 g/mol. The average Bonchev–Trinajstić information content (AvgIpc) is 2.64. The van der Waals surface area contributed by atoms with Gasteiger partial charge in [-0.1, -0.05) is 26.0 Å². The highest BCUT2D eigenvalue weighted by molar-refractivity contribution is 7.16. The van der Waals surface area contributed by atoms with E-state index in [0.29, 0.717) is 0 Å². The van der Waals surface area contributed by atoms with Gasteiger partial charge in [0.2, 0.25) is 0 Å². The first-order valence-electron chi connectivity index (χ1n) is 4.59. The zero-order valence-electron chi connectivity index (χ0n) is 8.32. The number of para-hydroxylation sites is 1. The summed E-state index contributed by atoms with van der Waals surface area (Å²) in [4.78, 5) is 4.34. The molecule has 2 rings (SSSR count). The van der Waals surface area contributed by atoms with Gasteiger partial charge in [-0.25, -0.2) is 4.98 Å². The number of aliphatic hydroxyl groups excluding tert-OH is 1. The zero-order chi connectivity index (χ0) is 10.2. The highest BCUT2D eigenvalue weighted by atomic mass is 32.1. The lowest BCUT2D eigenvalue weighted by Crippen LogP contribution is -2.22. The summed E-state index contributed by atoms with van der Waals surface area (Å²) in [6, 6.07) is 6.12. The van der Waals surface area contributed by atoms with Crippen molar-refractivity contribution in [1.29, 1.82) is 0 Å². The van der Waals surface area contributed by atoms with Crippen LogP contribution in [0.2, 0.25) is 0 Å². The highest BCUT2D eigenvalue weighted by Gasteiger charge is 2.22. The molecule has 0 spiro atoms. The van der Waals surface area contributed by atoms with E-state index in [4.69, 9.17) is 0 Å². The van der Waals surface area contributed by atoms with E-state index in [1.807, 2.05) is 31.5 Å². The van der Waals surface area contributed by atoms with Crippen LogP contribution in [0.3, 0.4) is 0 Å². The molecule has 74 valence electrons. The second-order valence-corrected chi connectivity index (χ2v) is 4.93. The molecular weight excluding hydrogens is 194 g/mol. The molecule has 0 bridgehead atoms. The van der Waals surface area contributed by atoms with Crippen LogP contribution in [0.25, 0.3) is 10.2 Å². The summed E-state index contributed by atoms with van der Waals surface area (Å²) in [7, 11) is 0. The van der Waals surface area contributed by atoms with Crippen LogP contribution in [0.15, 0.2) is 23.7 Å². The van der Waals surface area contributed by atoms with Crippen LogP contribution in [0.4, 0.5) is 0 Å². The lowest BCUT2D eigenvalue weighted by molar-refractivity contribution is 0.219. The van der Waals surface area contributed by atoms with Crippen LogP contribution in [0, 0.1) is 0 Å². The zero-order valence-corrected chi connectivity index (χ0v) is 9.14. The van der Waals surface area contributed by atoms with Crippen LogP contribution in [0.5, 0.6) is 0 Å². The molecule has 0 amide bonds. The molecule has 2 aromatic rings. The summed E-state index contributed by atoms with van der Waals surface area (Å²) in [6.45, 7) is 4.20. The van der Waals surface area contributed by atoms with Crippen molar-refractivity contribution in [2.75, 3.05) is 6.61 Å². The molecule has 1 heterocycles. The third-order valence-electron chi connectivity index (χ3n) is 2.48. The summed E-state index contributed by atoms with van der Waals surface area (Å²) < 4.78 is 1.18. The molecule has 0 fully saturated rings. The van der Waals surface area contributed by atoms with Gasteiger partial charge >= 0.3 is 0 Å². The van der Waals surface area contributed by atoms with Gasteiger partial charge in [-0.3, -0.25) is 0 Å². The normalized spacial score (nSPS) is 12.2. The van der Waals surface area contributed by atoms with E-state index in [0.717, 1.165) is 11.1 Å². The fraction of sp³-hybridized carbons (Fsp3) is 0.364. The Hall–Kier alpha value is -0.930. The van der Waals surface area contributed by atoms with Gasteiger partial charge in [-0.15, -0.1) is 11.3 Å². The quantitative estimate of drug-likeness (QED) is 0.821. The number of nitrogens with zero attached hydrogens (tertiary/aromatic N) is 1. The average molecular weight is 207 g/mol. The predicted molar refractivity (Wildman–Crippen MR) is 59.7 cm³/mol. The molecular formula is C11H13NOS. The second kappa shape index (κ2) is 3.33. The first kappa shape index (κ1) is 9.62. The maximum Gasteiger partial charge on any atom is 0.0850 e. The minimum atomic E-state index is -0.215. The van der Waals surface area contributed by atoms with Gasteiger partial charge in [0.05, 0.1) is 22.3 Å². The molecule has 0 aliphatic rings. The Morgan fingerprint density at radius 1 is 1.43 bits per heavy atom. The number of hydrogen-bond acceptors (Lipinski definition) is 3. The van der Waals surface area contributed by atoms with Gasteiger partial charge in [0.1, 0.15) is 0 Å². The van der Waals surface area contributed by atoms with Crippen molar-refractivity contribution in [2.24, 2.45) is 0 Å². The lowest BCUT2D eigenvalue weighted by atomic mass is 9.85. The third-order valence-corrected chi connectivity index (χ3v) is 3.28. The molecule has 0 saturated carbocycles. The molecule has 3 heteroatoms. The van der Waals surface area contributed by atoms with Crippen molar-refractivity contribution in [3.05, 3.63) is 29.3 Å². The van der Waals surface area contributed by atoms with E-state index in [-0.39, 0.29) is 12.0 Å². The van der Waals surface area contributed by atoms with Crippen molar-refractivity contribution >= 4 is 21.6 Å². The molecule has 1 aromatic carbocycles. The minimum absolute atomic E-state index is 0.142. The Bertz CT molecular complexity index is 447. The lowest BCUT2D eigenvalue weighted by Gasteiger charge is -2.22. The molecule has 1 N–H and O–H groups in total. The number of thiazole rings is 1. The Balaban J connectivity index is 2.67. The van der Waals surface area contributed by atoms with Crippen molar-refractivity contribution < 1.29 is 5.11 Å². The molecule has 2 nitrogen and oxygen atoms in total. The van der Waals surface area contributed by atoms with Crippen LogP contribution < -0.4 is 0 Å². The SMILES string of the molecule is CC(C)(CO)c1cccc2scnc12. The second-order valence-electron chi connectivity index (χ2n) is 4.05. The van der Waals surface area contributed by atoms with E-state index in [2.05, 4.69) is 11.1 Å². The standard InChI is InChI=1S/C11H13NOS/c1-11(2,6-13)8-4-3-5-9-10(8)12-7-14-9/h3-5,7,13H,6H2,1-2H3. The van der Waals surface area contributed by atoms with Crippen molar-refractivity contribution in [3.63, 3.8) is 0 Å². The molecule has 1 aromatic heterocycles. The van der Waals surface area contributed by atoms with Crippen LogP contribution in [0.1, 0.15) is 19.4 Å². The number of fused-ring (bicyclic) bond motifs is 1. The van der Waals surface area contributed by atoms with Gasteiger partial charge in [0.25, 0.3) is 0 Å². The number of aliphatic hydroxyl groups is 1. The Morgan fingerprint density at radius 3 is 2.93 bits per heavy atom. The summed E-state index contributed by atoms with van der Waals surface area (Å²) in [5, 5.41) is 9.32. The first-order chi connectivity index (χ1) is 6.65. The maximum absolute atomic E-state index is 9.32. The molecule has 0 saturated heterocycles. The predicted octanol–water partition coefficient (Wildman–Crippen LogP) is 2.57. The maximum atomic E-state index is 9.32. The smallest absolute Gasteiger partial charge is 0.0850 e. The number of benzene rings is 1. The van der Waals surface area contributed by atoms with Gasteiger partial charge in [0, 0.05) is 5.41 Å². The Morgan fingerprint density at radius 2 is 2.21 bits per heavy atom. The summed E-state index contributed by atoms with van der Waals surface area (Å²) in [5.74, 6) is 0. The highest BCUT2D eigenvalue weighted by Crippen LogP contribution is 2.30. The molecule has 0 aliphatic heterocycles. The van der Waals surface area contributed by atoms with Crippen LogP contribution in [-0.2, 0) is 5.41 Å². The Kier molecular flexibility index (Phi) is 2.29. The molecule has 0 unspecified atom stereocenters. The summed E-state index contributed by atoms with van der Waals surface area (Å²) in [5.41, 5.74) is 3.78. The van der Waals surface area contributed by atoms with Crippen molar-refractivity contribution in [3.8, 4) is 0 Å². The van der Waals surface area contributed by atoms with Crippen LogP contribution >= 0.6 is 11.3 Å². The number of hydrogen-bond donors (Lipinski definition) is 1. The van der Waals surface area contributed by atoms with E-state index in [9.17, 15) is 5.11 Å². The van der Waals surface area contributed by atoms with Gasteiger partial charge < -0.3 is 5.11 Å².